The molecule has 0 aromatic heterocycles. The van der Waals surface area contributed by atoms with Crippen molar-refractivity contribution in [1.29, 1.82) is 0 Å². The molecule has 2 amide bonds. The SMILES string of the molecule is O=C(/C=C/c1ccccc1)Nc1cccc(C(=O)Nc2ccccc2)c1. The summed E-state index contributed by atoms with van der Waals surface area (Å²) in [7, 11) is 0. The highest BCUT2D eigenvalue weighted by atomic mass is 16.2. The van der Waals surface area contributed by atoms with E-state index in [9.17, 15) is 9.59 Å². The topological polar surface area (TPSA) is 58.2 Å². The lowest BCUT2D eigenvalue weighted by molar-refractivity contribution is -0.111. The normalized spacial score (nSPS) is 10.5. The lowest BCUT2D eigenvalue weighted by atomic mass is 10.1. The van der Waals surface area contributed by atoms with E-state index in [1.54, 1.807) is 30.3 Å². The number of rotatable bonds is 5. The van der Waals surface area contributed by atoms with E-state index in [-0.39, 0.29) is 11.8 Å². The van der Waals surface area contributed by atoms with Crippen LogP contribution in [0, 0.1) is 0 Å². The molecule has 0 atom stereocenters. The quantitative estimate of drug-likeness (QED) is 0.666. The molecule has 0 bridgehead atoms. The molecular weight excluding hydrogens is 324 g/mol. The van der Waals surface area contributed by atoms with Crippen LogP contribution in [-0.4, -0.2) is 11.8 Å². The molecule has 4 nitrogen and oxygen atoms in total. The monoisotopic (exact) mass is 342 g/mol. The Kier molecular flexibility index (Phi) is 5.58. The zero-order chi connectivity index (χ0) is 18.2. The van der Waals surface area contributed by atoms with Crippen molar-refractivity contribution >= 4 is 29.3 Å². The third-order valence-corrected chi connectivity index (χ3v) is 3.65. The first-order valence-corrected chi connectivity index (χ1v) is 8.21. The number of benzene rings is 3. The van der Waals surface area contributed by atoms with Gasteiger partial charge in [-0.15, -0.1) is 0 Å². The second-order valence-electron chi connectivity index (χ2n) is 5.63. The Morgan fingerprint density at radius 3 is 2.08 bits per heavy atom. The molecule has 3 aromatic carbocycles. The van der Waals surface area contributed by atoms with Crippen LogP contribution in [0.15, 0.2) is 91.0 Å². The maximum Gasteiger partial charge on any atom is 0.255 e. The molecule has 0 spiro atoms. The van der Waals surface area contributed by atoms with Crippen LogP contribution in [0.3, 0.4) is 0 Å². The van der Waals surface area contributed by atoms with Gasteiger partial charge in [0.2, 0.25) is 5.91 Å². The number of anilines is 2. The highest BCUT2D eigenvalue weighted by Crippen LogP contribution is 2.14. The number of hydrogen-bond donors (Lipinski definition) is 2. The molecule has 0 aliphatic carbocycles. The summed E-state index contributed by atoms with van der Waals surface area (Å²) in [5.41, 5.74) is 2.70. The van der Waals surface area contributed by atoms with Gasteiger partial charge in [-0.3, -0.25) is 9.59 Å². The Labute approximate surface area is 152 Å². The largest absolute Gasteiger partial charge is 0.322 e. The van der Waals surface area contributed by atoms with Gasteiger partial charge in [-0.05, 0) is 42.0 Å². The second-order valence-corrected chi connectivity index (χ2v) is 5.63. The number of carbonyl (C=O) groups is 2. The van der Waals surface area contributed by atoms with E-state index in [4.69, 9.17) is 0 Å². The van der Waals surface area contributed by atoms with E-state index in [0.29, 0.717) is 11.3 Å². The summed E-state index contributed by atoms with van der Waals surface area (Å²) in [5, 5.41) is 5.59. The van der Waals surface area contributed by atoms with Crippen molar-refractivity contribution in [3.63, 3.8) is 0 Å². The Morgan fingerprint density at radius 1 is 0.692 bits per heavy atom. The molecule has 0 saturated carbocycles. The molecule has 0 radical (unpaired) electrons. The fourth-order valence-corrected chi connectivity index (χ4v) is 2.38. The maximum absolute atomic E-state index is 12.3. The molecule has 0 fully saturated rings. The summed E-state index contributed by atoms with van der Waals surface area (Å²) in [6.45, 7) is 0. The fraction of sp³-hybridized carbons (Fsp3) is 0. The van der Waals surface area contributed by atoms with Crippen LogP contribution in [0.4, 0.5) is 11.4 Å². The fourth-order valence-electron chi connectivity index (χ4n) is 2.38. The minimum atomic E-state index is -0.255. The minimum absolute atomic E-state index is 0.230. The molecule has 0 saturated heterocycles. The van der Waals surface area contributed by atoms with E-state index in [1.807, 2.05) is 60.7 Å². The molecular formula is C22H18N2O2. The minimum Gasteiger partial charge on any atom is -0.322 e. The molecule has 128 valence electrons. The number of hydrogen-bond acceptors (Lipinski definition) is 2. The van der Waals surface area contributed by atoms with Gasteiger partial charge in [-0.1, -0.05) is 54.6 Å². The smallest absolute Gasteiger partial charge is 0.255 e. The third-order valence-electron chi connectivity index (χ3n) is 3.65. The van der Waals surface area contributed by atoms with Crippen molar-refractivity contribution in [2.75, 3.05) is 10.6 Å². The van der Waals surface area contributed by atoms with Crippen molar-refractivity contribution < 1.29 is 9.59 Å². The Hall–Kier alpha value is -3.66. The maximum atomic E-state index is 12.3. The highest BCUT2D eigenvalue weighted by Gasteiger charge is 2.07. The number of nitrogens with one attached hydrogen (secondary N) is 2. The van der Waals surface area contributed by atoms with Gasteiger partial charge >= 0.3 is 0 Å². The summed E-state index contributed by atoms with van der Waals surface area (Å²) in [5.74, 6) is -0.485. The van der Waals surface area contributed by atoms with E-state index in [1.165, 1.54) is 6.08 Å². The van der Waals surface area contributed by atoms with Gasteiger partial charge in [0.1, 0.15) is 0 Å². The van der Waals surface area contributed by atoms with Crippen molar-refractivity contribution in [1.82, 2.24) is 0 Å². The first-order chi connectivity index (χ1) is 12.7. The van der Waals surface area contributed by atoms with Gasteiger partial charge in [0.25, 0.3) is 5.91 Å². The van der Waals surface area contributed by atoms with Gasteiger partial charge in [-0.25, -0.2) is 0 Å². The van der Waals surface area contributed by atoms with E-state index in [0.717, 1.165) is 11.3 Å². The van der Waals surface area contributed by atoms with Crippen LogP contribution in [0.1, 0.15) is 15.9 Å². The van der Waals surface area contributed by atoms with Gasteiger partial charge in [0, 0.05) is 23.0 Å². The molecule has 4 heteroatoms. The Balaban J connectivity index is 1.64. The second kappa shape index (κ2) is 8.44. The van der Waals surface area contributed by atoms with Crippen LogP contribution in [-0.2, 0) is 4.79 Å². The van der Waals surface area contributed by atoms with Crippen LogP contribution in [0.25, 0.3) is 6.08 Å². The standard InChI is InChI=1S/C22H18N2O2/c25-21(15-14-17-8-3-1-4-9-17)23-20-13-7-10-18(16-20)22(26)24-19-11-5-2-6-12-19/h1-16H,(H,23,25)(H,24,26)/b15-14+. The van der Waals surface area contributed by atoms with E-state index in [2.05, 4.69) is 10.6 Å². The van der Waals surface area contributed by atoms with Crippen molar-refractivity contribution in [3.05, 3.63) is 102 Å². The van der Waals surface area contributed by atoms with E-state index >= 15 is 0 Å². The molecule has 2 N–H and O–H groups in total. The first-order valence-electron chi connectivity index (χ1n) is 8.21. The lowest BCUT2D eigenvalue weighted by Gasteiger charge is -2.07. The molecule has 0 aliphatic heterocycles. The van der Waals surface area contributed by atoms with Crippen molar-refractivity contribution in [2.45, 2.75) is 0 Å². The average molecular weight is 342 g/mol. The summed E-state index contributed by atoms with van der Waals surface area (Å²) in [6.07, 6.45) is 3.20. The van der Waals surface area contributed by atoms with Crippen LogP contribution < -0.4 is 10.6 Å². The molecule has 26 heavy (non-hydrogen) atoms. The molecule has 0 unspecified atom stereocenters. The van der Waals surface area contributed by atoms with Crippen LogP contribution in [0.2, 0.25) is 0 Å². The zero-order valence-corrected chi connectivity index (χ0v) is 14.1. The molecule has 0 aliphatic rings. The third kappa shape index (κ3) is 4.92. The van der Waals surface area contributed by atoms with Crippen LogP contribution >= 0.6 is 0 Å². The number of para-hydroxylation sites is 1. The molecule has 3 rings (SSSR count). The predicted octanol–water partition coefficient (Wildman–Crippen LogP) is 4.59. The number of amides is 2. The van der Waals surface area contributed by atoms with Crippen molar-refractivity contribution in [3.8, 4) is 0 Å². The Morgan fingerprint density at radius 2 is 1.35 bits per heavy atom. The average Bonchev–Trinajstić information content (AvgIpc) is 2.68. The van der Waals surface area contributed by atoms with E-state index < -0.39 is 0 Å². The van der Waals surface area contributed by atoms with Crippen LogP contribution in [0.5, 0.6) is 0 Å². The predicted molar refractivity (Wildman–Crippen MR) is 105 cm³/mol. The van der Waals surface area contributed by atoms with Gasteiger partial charge in [0.15, 0.2) is 0 Å². The summed E-state index contributed by atoms with van der Waals surface area (Å²) >= 11 is 0. The Bertz CT molecular complexity index is 919. The molecule has 0 heterocycles. The van der Waals surface area contributed by atoms with Gasteiger partial charge < -0.3 is 10.6 Å². The summed E-state index contributed by atoms with van der Waals surface area (Å²) in [4.78, 5) is 24.4. The van der Waals surface area contributed by atoms with Gasteiger partial charge in [-0.2, -0.15) is 0 Å². The van der Waals surface area contributed by atoms with Crippen molar-refractivity contribution in [2.24, 2.45) is 0 Å². The first kappa shape index (κ1) is 17.2. The number of carbonyl (C=O) groups excluding carboxylic acids is 2. The van der Waals surface area contributed by atoms with Gasteiger partial charge in [0.05, 0.1) is 0 Å². The lowest BCUT2D eigenvalue weighted by Crippen LogP contribution is -2.13. The molecule has 3 aromatic rings. The summed E-state index contributed by atoms with van der Waals surface area (Å²) < 4.78 is 0. The highest BCUT2D eigenvalue weighted by molar-refractivity contribution is 6.06. The zero-order valence-electron chi connectivity index (χ0n) is 14.1. The summed E-state index contributed by atoms with van der Waals surface area (Å²) in [6, 6.07) is 25.6.